The molecule has 0 spiro atoms. The second-order valence-corrected chi connectivity index (χ2v) is 10.4. The predicted octanol–water partition coefficient (Wildman–Crippen LogP) is 6.12. The van der Waals surface area contributed by atoms with Crippen LogP contribution in [0.1, 0.15) is 43.5 Å². The third kappa shape index (κ3) is 4.69. The first kappa shape index (κ1) is 23.3. The number of hydrogen-bond donors (Lipinski definition) is 1. The zero-order valence-electron chi connectivity index (χ0n) is 19.5. The van der Waals surface area contributed by atoms with Crippen LogP contribution in [0.3, 0.4) is 0 Å². The lowest BCUT2D eigenvalue weighted by molar-refractivity contribution is -0.133. The number of aromatic nitrogens is 2. The summed E-state index contributed by atoms with van der Waals surface area (Å²) < 4.78 is 5.73. The molecule has 1 unspecified atom stereocenters. The van der Waals surface area contributed by atoms with Crippen molar-refractivity contribution in [2.75, 3.05) is 6.54 Å². The third-order valence-electron chi connectivity index (χ3n) is 6.93. The van der Waals surface area contributed by atoms with Crippen LogP contribution in [0.4, 0.5) is 0 Å². The summed E-state index contributed by atoms with van der Waals surface area (Å²) in [7, 11) is 0. The number of amides is 1. The first-order chi connectivity index (χ1) is 16.4. The number of nitrogens with zero attached hydrogens (tertiary/aromatic N) is 2. The van der Waals surface area contributed by atoms with Gasteiger partial charge in [-0.1, -0.05) is 35.3 Å². The van der Waals surface area contributed by atoms with Crippen LogP contribution in [0.25, 0.3) is 11.1 Å². The lowest BCUT2D eigenvalue weighted by Gasteiger charge is -2.31. The Morgan fingerprint density at radius 3 is 2.56 bits per heavy atom. The van der Waals surface area contributed by atoms with Crippen molar-refractivity contribution in [3.05, 3.63) is 69.5 Å². The number of hydrogen-bond acceptors (Lipinski definition) is 3. The molecule has 1 amide bonds. The quantitative estimate of drug-likeness (QED) is 0.446. The average Bonchev–Trinajstić information content (AvgIpc) is 3.42. The van der Waals surface area contributed by atoms with Gasteiger partial charge in [-0.15, -0.1) is 0 Å². The van der Waals surface area contributed by atoms with Crippen LogP contribution in [0.2, 0.25) is 10.0 Å². The highest BCUT2D eigenvalue weighted by Gasteiger charge is 2.37. The van der Waals surface area contributed by atoms with Gasteiger partial charge in [0.05, 0.1) is 12.3 Å². The Hall–Kier alpha value is -2.50. The second-order valence-electron chi connectivity index (χ2n) is 9.60. The number of rotatable bonds is 6. The number of carbonyl (C=O) groups excluding carboxylic acids is 1. The Morgan fingerprint density at radius 2 is 1.85 bits per heavy atom. The molecule has 1 fully saturated rings. The molecule has 7 heteroatoms. The molecule has 0 saturated carbocycles. The van der Waals surface area contributed by atoms with E-state index in [-0.39, 0.29) is 24.0 Å². The number of likely N-dealkylation sites (tertiary alicyclic amines) is 1. The van der Waals surface area contributed by atoms with Gasteiger partial charge in [0.25, 0.3) is 0 Å². The van der Waals surface area contributed by atoms with E-state index in [0.717, 1.165) is 54.7 Å². The van der Waals surface area contributed by atoms with E-state index in [1.54, 1.807) is 0 Å². The molecule has 2 aromatic carbocycles. The van der Waals surface area contributed by atoms with Gasteiger partial charge >= 0.3 is 0 Å². The Morgan fingerprint density at radius 1 is 1.12 bits per heavy atom. The predicted molar refractivity (Wildman–Crippen MR) is 136 cm³/mol. The highest BCUT2D eigenvalue weighted by atomic mass is 35.5. The Balaban J connectivity index is 1.28. The van der Waals surface area contributed by atoms with Crippen molar-refractivity contribution in [3.63, 3.8) is 0 Å². The van der Waals surface area contributed by atoms with Gasteiger partial charge < -0.3 is 9.64 Å². The van der Waals surface area contributed by atoms with Gasteiger partial charge in [0.2, 0.25) is 5.91 Å². The van der Waals surface area contributed by atoms with E-state index in [1.807, 2.05) is 56.4 Å². The molecule has 5 nitrogen and oxygen atoms in total. The first-order valence-corrected chi connectivity index (χ1v) is 12.7. The number of H-pyrrole nitrogens is 1. The van der Waals surface area contributed by atoms with Crippen LogP contribution >= 0.6 is 23.2 Å². The number of aryl methyl sites for hydroxylation is 1. The van der Waals surface area contributed by atoms with E-state index in [1.165, 1.54) is 11.3 Å². The van der Waals surface area contributed by atoms with Crippen molar-refractivity contribution in [2.45, 2.75) is 58.1 Å². The molecule has 0 radical (unpaired) electrons. The molecule has 0 bridgehead atoms. The van der Waals surface area contributed by atoms with Crippen molar-refractivity contribution < 1.29 is 9.53 Å². The first-order valence-electron chi connectivity index (χ1n) is 12.0. The monoisotopic (exact) mass is 497 g/mol. The molecule has 34 heavy (non-hydrogen) atoms. The third-order valence-corrected chi connectivity index (χ3v) is 7.61. The summed E-state index contributed by atoms with van der Waals surface area (Å²) in [5.74, 6) is 0.965. The van der Waals surface area contributed by atoms with Crippen LogP contribution in [0.15, 0.2) is 42.6 Å². The molecule has 1 aromatic heterocycles. The van der Waals surface area contributed by atoms with E-state index in [2.05, 4.69) is 15.1 Å². The summed E-state index contributed by atoms with van der Waals surface area (Å²) in [4.78, 5) is 15.4. The van der Waals surface area contributed by atoms with E-state index >= 15 is 0 Å². The van der Waals surface area contributed by atoms with Gasteiger partial charge in [0.15, 0.2) is 0 Å². The maximum atomic E-state index is 13.3. The van der Waals surface area contributed by atoms with Gasteiger partial charge in [0.1, 0.15) is 5.75 Å². The zero-order chi connectivity index (χ0) is 23.8. The van der Waals surface area contributed by atoms with Crippen LogP contribution < -0.4 is 4.74 Å². The molecule has 2 heterocycles. The van der Waals surface area contributed by atoms with E-state index in [0.29, 0.717) is 16.5 Å². The molecule has 1 aliphatic carbocycles. The van der Waals surface area contributed by atoms with Gasteiger partial charge in [-0.2, -0.15) is 5.10 Å². The summed E-state index contributed by atoms with van der Waals surface area (Å²) in [5.41, 5.74) is 5.27. The fourth-order valence-corrected chi connectivity index (χ4v) is 5.83. The summed E-state index contributed by atoms with van der Waals surface area (Å²) >= 11 is 13.4. The lowest BCUT2D eigenvalue weighted by atomic mass is 9.92. The molecular weight excluding hydrogens is 469 g/mol. The van der Waals surface area contributed by atoms with Gasteiger partial charge in [-0.3, -0.25) is 9.89 Å². The average molecular weight is 498 g/mol. The normalized spacial score (nSPS) is 20.1. The smallest absolute Gasteiger partial charge is 0.226 e. The summed E-state index contributed by atoms with van der Waals surface area (Å²) in [6.45, 7) is 4.80. The zero-order valence-corrected chi connectivity index (χ0v) is 21.0. The Labute approximate surface area is 210 Å². The molecule has 1 saturated heterocycles. The number of halogens is 2. The van der Waals surface area contributed by atoms with Crippen molar-refractivity contribution in [2.24, 2.45) is 5.92 Å². The lowest BCUT2D eigenvalue weighted by Crippen LogP contribution is -2.41. The van der Waals surface area contributed by atoms with E-state index in [9.17, 15) is 4.79 Å². The van der Waals surface area contributed by atoms with Crippen LogP contribution in [-0.4, -0.2) is 39.7 Å². The van der Waals surface area contributed by atoms with Crippen LogP contribution in [0, 0.1) is 5.92 Å². The molecule has 5 rings (SSSR count). The topological polar surface area (TPSA) is 58.2 Å². The summed E-state index contributed by atoms with van der Waals surface area (Å²) in [6, 6.07) is 12.1. The molecular formula is C27H29Cl2N3O2. The molecule has 1 N–H and O–H groups in total. The number of benzene rings is 2. The molecule has 3 aromatic rings. The van der Waals surface area contributed by atoms with Crippen molar-refractivity contribution in [1.82, 2.24) is 15.1 Å². The molecule has 2 aliphatic rings. The largest absolute Gasteiger partial charge is 0.491 e. The molecule has 1 aliphatic heterocycles. The van der Waals surface area contributed by atoms with E-state index < -0.39 is 0 Å². The SMILES string of the molecule is CC(C)Oc1ccc(-c2cc(Cl)c(C[C@@H]3CCN(C4CCc5[nH]ncc5C4)C3=O)c(Cl)c2)cc1. The number of aromatic amines is 1. The standard InChI is InChI=1S/C27H29Cl2N3O2/c1-16(2)34-22-6-3-17(4-7-22)19-13-24(28)23(25(29)14-19)12-18-9-10-32(27(18)33)21-5-8-26-20(11-21)15-30-31-26/h3-4,6-7,13-16,18,21H,5,8-12H2,1-2H3,(H,30,31)/t18-,21?/m0/s1. The number of nitrogens with one attached hydrogen (secondary N) is 1. The fourth-order valence-electron chi connectivity index (χ4n) is 5.19. The summed E-state index contributed by atoms with van der Waals surface area (Å²) in [5, 5.41) is 8.44. The Bertz CT molecular complexity index is 1170. The summed E-state index contributed by atoms with van der Waals surface area (Å²) in [6.07, 6.45) is 6.22. The Kier molecular flexibility index (Phi) is 6.59. The second kappa shape index (κ2) is 9.63. The van der Waals surface area contributed by atoms with E-state index in [4.69, 9.17) is 27.9 Å². The van der Waals surface area contributed by atoms with Crippen molar-refractivity contribution >= 4 is 29.1 Å². The minimum absolute atomic E-state index is 0.0842. The molecule has 2 atom stereocenters. The molecule has 178 valence electrons. The van der Waals surface area contributed by atoms with Crippen LogP contribution in [0.5, 0.6) is 5.75 Å². The van der Waals surface area contributed by atoms with Gasteiger partial charge in [0, 0.05) is 34.2 Å². The number of carbonyl (C=O) groups is 1. The minimum atomic E-state index is -0.0842. The maximum absolute atomic E-state index is 13.3. The van der Waals surface area contributed by atoms with Crippen molar-refractivity contribution in [1.29, 1.82) is 0 Å². The minimum Gasteiger partial charge on any atom is -0.491 e. The van der Waals surface area contributed by atoms with Gasteiger partial charge in [-0.25, -0.2) is 0 Å². The highest BCUT2D eigenvalue weighted by Crippen LogP contribution is 2.37. The number of ether oxygens (including phenoxy) is 1. The fraction of sp³-hybridized carbons (Fsp3) is 0.407. The van der Waals surface area contributed by atoms with Crippen LogP contribution in [-0.2, 0) is 24.1 Å². The van der Waals surface area contributed by atoms with Gasteiger partial charge in [-0.05, 0) is 92.5 Å². The number of fused-ring (bicyclic) bond motifs is 1. The highest BCUT2D eigenvalue weighted by molar-refractivity contribution is 6.36. The van der Waals surface area contributed by atoms with Crippen molar-refractivity contribution in [3.8, 4) is 16.9 Å². The maximum Gasteiger partial charge on any atom is 0.226 e.